The van der Waals surface area contributed by atoms with E-state index in [1.54, 1.807) is 30.3 Å². The van der Waals surface area contributed by atoms with Gasteiger partial charge in [-0.2, -0.15) is 4.73 Å². The standard InChI is InChI=1S/C18H19BrFNO3/c1-17(2,3)18(11-16(22)23,12-7-9-13(20)10-8-12)14-5-4-6-15(19)21(14)24/h4-10H,11H2,1-3H3,(H,22,23). The van der Waals surface area contributed by atoms with E-state index in [0.29, 0.717) is 20.6 Å². The van der Waals surface area contributed by atoms with E-state index in [2.05, 4.69) is 15.9 Å². The Morgan fingerprint density at radius 2 is 1.79 bits per heavy atom. The van der Waals surface area contributed by atoms with Gasteiger partial charge >= 0.3 is 5.97 Å². The molecule has 0 aliphatic rings. The van der Waals surface area contributed by atoms with Crippen molar-refractivity contribution in [3.63, 3.8) is 0 Å². The van der Waals surface area contributed by atoms with Gasteiger partial charge in [0.15, 0.2) is 0 Å². The van der Waals surface area contributed by atoms with Crippen molar-refractivity contribution in [3.8, 4) is 0 Å². The van der Waals surface area contributed by atoms with E-state index in [9.17, 15) is 19.5 Å². The summed E-state index contributed by atoms with van der Waals surface area (Å²) in [7, 11) is 0. The fraction of sp³-hybridized carbons (Fsp3) is 0.333. The molecule has 4 nitrogen and oxygen atoms in total. The lowest BCUT2D eigenvalue weighted by Gasteiger charge is -2.42. The van der Waals surface area contributed by atoms with Gasteiger partial charge < -0.3 is 10.3 Å². The van der Waals surface area contributed by atoms with Crippen molar-refractivity contribution in [3.05, 3.63) is 69.3 Å². The zero-order valence-electron chi connectivity index (χ0n) is 13.7. The van der Waals surface area contributed by atoms with Crippen LogP contribution in [0.3, 0.4) is 0 Å². The number of hydrogen-bond donors (Lipinski definition) is 1. The fourth-order valence-corrected chi connectivity index (χ4v) is 3.51. The molecule has 2 rings (SSSR count). The van der Waals surface area contributed by atoms with Crippen molar-refractivity contribution >= 4 is 21.9 Å². The molecular weight excluding hydrogens is 377 g/mol. The van der Waals surface area contributed by atoms with Gasteiger partial charge in [-0.15, -0.1) is 0 Å². The van der Waals surface area contributed by atoms with Gasteiger partial charge in [-0.25, -0.2) is 4.39 Å². The molecule has 0 aliphatic heterocycles. The molecule has 128 valence electrons. The number of benzene rings is 1. The zero-order valence-corrected chi connectivity index (χ0v) is 15.3. The van der Waals surface area contributed by atoms with Crippen molar-refractivity contribution in [2.45, 2.75) is 32.6 Å². The highest BCUT2D eigenvalue weighted by Gasteiger charge is 2.52. The lowest BCUT2D eigenvalue weighted by molar-refractivity contribution is -0.630. The lowest BCUT2D eigenvalue weighted by Crippen LogP contribution is -2.51. The predicted octanol–water partition coefficient (Wildman–Crippen LogP) is 4.03. The van der Waals surface area contributed by atoms with Crippen LogP contribution in [0.4, 0.5) is 4.39 Å². The maximum absolute atomic E-state index is 13.4. The van der Waals surface area contributed by atoms with Crippen LogP contribution in [0.5, 0.6) is 0 Å². The van der Waals surface area contributed by atoms with Crippen LogP contribution in [0, 0.1) is 16.4 Å². The summed E-state index contributed by atoms with van der Waals surface area (Å²) in [6.07, 6.45) is -0.291. The van der Waals surface area contributed by atoms with Crippen LogP contribution in [-0.2, 0) is 10.2 Å². The maximum Gasteiger partial charge on any atom is 0.304 e. The predicted molar refractivity (Wildman–Crippen MR) is 92.0 cm³/mol. The molecule has 0 saturated carbocycles. The number of hydrogen-bond acceptors (Lipinski definition) is 2. The fourth-order valence-electron chi connectivity index (χ4n) is 3.17. The minimum absolute atomic E-state index is 0.291. The summed E-state index contributed by atoms with van der Waals surface area (Å²) in [5, 5.41) is 22.2. The Hall–Kier alpha value is -1.95. The van der Waals surface area contributed by atoms with E-state index in [0.717, 1.165) is 0 Å². The SMILES string of the molecule is CC(C)(C)C(CC(=O)O)(c1ccc(F)cc1)c1cccc(Br)[n+]1[O-]. The maximum atomic E-state index is 13.4. The van der Waals surface area contributed by atoms with Crippen LogP contribution < -0.4 is 4.73 Å². The number of pyridine rings is 1. The summed E-state index contributed by atoms with van der Waals surface area (Å²) in [5.41, 5.74) is -0.853. The number of nitrogens with zero attached hydrogens (tertiary/aromatic N) is 1. The van der Waals surface area contributed by atoms with Gasteiger partial charge in [-0.3, -0.25) is 4.79 Å². The molecule has 0 spiro atoms. The van der Waals surface area contributed by atoms with Gasteiger partial charge in [0.05, 0.1) is 11.8 Å². The highest BCUT2D eigenvalue weighted by atomic mass is 79.9. The van der Waals surface area contributed by atoms with Gasteiger partial charge in [0, 0.05) is 28.1 Å². The normalized spacial score (nSPS) is 14.2. The average Bonchev–Trinajstić information content (AvgIpc) is 2.47. The summed E-state index contributed by atoms with van der Waals surface area (Å²) < 4.78 is 14.4. The van der Waals surface area contributed by atoms with Crippen LogP contribution >= 0.6 is 15.9 Å². The largest absolute Gasteiger partial charge is 0.618 e. The summed E-state index contributed by atoms with van der Waals surface area (Å²) in [5.74, 6) is -1.45. The van der Waals surface area contributed by atoms with Crippen molar-refractivity contribution in [1.82, 2.24) is 0 Å². The molecule has 0 aliphatic carbocycles. The van der Waals surface area contributed by atoms with Crippen molar-refractivity contribution < 1.29 is 19.0 Å². The minimum atomic E-state index is -1.13. The van der Waals surface area contributed by atoms with Crippen LogP contribution in [0.1, 0.15) is 38.4 Å². The monoisotopic (exact) mass is 395 g/mol. The van der Waals surface area contributed by atoms with E-state index < -0.39 is 22.6 Å². The van der Waals surface area contributed by atoms with Gasteiger partial charge in [0.25, 0.3) is 4.60 Å². The van der Waals surface area contributed by atoms with E-state index in [1.807, 2.05) is 20.8 Å². The molecule has 1 heterocycles. The summed E-state index contributed by atoms with van der Waals surface area (Å²) >= 11 is 3.20. The number of rotatable bonds is 4. The second-order valence-corrected chi connectivity index (χ2v) is 7.57. The first-order valence-electron chi connectivity index (χ1n) is 7.46. The van der Waals surface area contributed by atoms with Crippen LogP contribution in [0.15, 0.2) is 47.1 Å². The third-order valence-electron chi connectivity index (χ3n) is 4.37. The number of carboxylic acid groups (broad SMARTS) is 1. The van der Waals surface area contributed by atoms with Gasteiger partial charge in [-0.1, -0.05) is 32.9 Å². The molecule has 0 amide bonds. The number of carboxylic acids is 1. The molecule has 24 heavy (non-hydrogen) atoms. The topological polar surface area (TPSA) is 64.2 Å². The molecule has 1 aromatic carbocycles. The second-order valence-electron chi connectivity index (χ2n) is 6.76. The first-order valence-corrected chi connectivity index (χ1v) is 8.25. The molecular formula is C18H19BrFNO3. The number of aliphatic carboxylic acids is 1. The zero-order chi connectivity index (χ0) is 18.1. The smallest absolute Gasteiger partial charge is 0.304 e. The molecule has 0 fully saturated rings. The first kappa shape index (κ1) is 18.4. The highest BCUT2D eigenvalue weighted by molar-refractivity contribution is 9.10. The van der Waals surface area contributed by atoms with Crippen molar-refractivity contribution in [2.24, 2.45) is 5.41 Å². The van der Waals surface area contributed by atoms with E-state index in [1.165, 1.54) is 12.1 Å². The Morgan fingerprint density at radius 1 is 1.21 bits per heavy atom. The molecule has 1 N–H and O–H groups in total. The highest BCUT2D eigenvalue weighted by Crippen LogP contribution is 2.48. The third-order valence-corrected chi connectivity index (χ3v) is 4.96. The molecule has 1 atom stereocenters. The van der Waals surface area contributed by atoms with Crippen molar-refractivity contribution in [1.29, 1.82) is 0 Å². The third kappa shape index (κ3) is 3.15. The molecule has 0 radical (unpaired) electrons. The first-order chi connectivity index (χ1) is 11.1. The molecule has 1 aromatic heterocycles. The van der Waals surface area contributed by atoms with E-state index in [4.69, 9.17) is 0 Å². The Kier molecular flexibility index (Phi) is 4.99. The Morgan fingerprint density at radius 3 is 2.29 bits per heavy atom. The van der Waals surface area contributed by atoms with E-state index in [-0.39, 0.29) is 6.42 Å². The Bertz CT molecular complexity index is 756. The quantitative estimate of drug-likeness (QED) is 0.482. The molecule has 6 heteroatoms. The number of carbonyl (C=O) groups is 1. The summed E-state index contributed by atoms with van der Waals surface area (Å²) in [4.78, 5) is 11.7. The average molecular weight is 396 g/mol. The van der Waals surface area contributed by atoms with Crippen LogP contribution in [-0.4, -0.2) is 11.1 Å². The second kappa shape index (κ2) is 6.51. The number of halogens is 2. The van der Waals surface area contributed by atoms with Gasteiger partial charge in [0.1, 0.15) is 5.82 Å². The molecule has 2 aromatic rings. The number of aromatic nitrogens is 1. The molecule has 0 saturated heterocycles. The van der Waals surface area contributed by atoms with E-state index >= 15 is 0 Å². The summed E-state index contributed by atoms with van der Waals surface area (Å²) in [6.45, 7) is 5.63. The van der Waals surface area contributed by atoms with Gasteiger partial charge in [-0.05, 0) is 29.2 Å². The summed E-state index contributed by atoms with van der Waals surface area (Å²) in [6, 6.07) is 10.6. The van der Waals surface area contributed by atoms with Crippen LogP contribution in [0.25, 0.3) is 0 Å². The molecule has 1 unspecified atom stereocenters. The van der Waals surface area contributed by atoms with Crippen molar-refractivity contribution in [2.75, 3.05) is 0 Å². The Balaban J connectivity index is 2.88. The minimum Gasteiger partial charge on any atom is -0.618 e. The van der Waals surface area contributed by atoms with Crippen LogP contribution in [0.2, 0.25) is 0 Å². The lowest BCUT2D eigenvalue weighted by atomic mass is 9.59. The Labute approximate surface area is 148 Å². The molecule has 0 bridgehead atoms. The van der Waals surface area contributed by atoms with Gasteiger partial charge in [0.2, 0.25) is 5.69 Å².